The normalized spacial score (nSPS) is 10.7. The van der Waals surface area contributed by atoms with Crippen LogP contribution in [0.1, 0.15) is 18.9 Å². The quantitative estimate of drug-likeness (QED) is 0.329. The van der Waals surface area contributed by atoms with Gasteiger partial charge in [-0.3, -0.25) is 14.5 Å². The van der Waals surface area contributed by atoms with Crippen LogP contribution in [0.2, 0.25) is 0 Å². The first-order valence-corrected chi connectivity index (χ1v) is 10.8. The number of rotatable bonds is 11. The average molecular weight is 457 g/mol. The van der Waals surface area contributed by atoms with Gasteiger partial charge in [0.25, 0.3) is 0 Å². The van der Waals surface area contributed by atoms with Crippen LogP contribution >= 0.6 is 12.2 Å². The highest BCUT2D eigenvalue weighted by atomic mass is 32.1. The Bertz CT molecular complexity index is 1090. The molecule has 1 heterocycles. The lowest BCUT2D eigenvalue weighted by molar-refractivity contribution is -0.116. The molecular formula is C23H28N4O4S. The van der Waals surface area contributed by atoms with E-state index in [2.05, 4.69) is 15.5 Å². The van der Waals surface area contributed by atoms with Gasteiger partial charge in [-0.1, -0.05) is 6.07 Å². The summed E-state index contributed by atoms with van der Waals surface area (Å²) in [6, 6.07) is 13.3. The second-order valence-electron chi connectivity index (χ2n) is 7.10. The summed E-state index contributed by atoms with van der Waals surface area (Å²) < 4.78 is 18.5. The Balaban J connectivity index is 1.67. The van der Waals surface area contributed by atoms with E-state index in [-0.39, 0.29) is 12.3 Å². The number of hydrogen-bond acceptors (Lipinski definition) is 6. The zero-order valence-electron chi connectivity index (χ0n) is 18.5. The minimum atomic E-state index is -0.147. The number of aryl methyl sites for hydroxylation is 1. The van der Waals surface area contributed by atoms with Crippen LogP contribution in [0.5, 0.6) is 11.5 Å². The smallest absolute Gasteiger partial charge is 0.226 e. The van der Waals surface area contributed by atoms with E-state index >= 15 is 0 Å². The van der Waals surface area contributed by atoms with Gasteiger partial charge in [0.1, 0.15) is 18.1 Å². The van der Waals surface area contributed by atoms with Crippen LogP contribution in [0.4, 0.5) is 5.69 Å². The van der Waals surface area contributed by atoms with Gasteiger partial charge in [0.15, 0.2) is 10.6 Å². The number of nitrogens with one attached hydrogen (secondary N) is 2. The van der Waals surface area contributed by atoms with Gasteiger partial charge in [0, 0.05) is 25.6 Å². The Labute approximate surface area is 192 Å². The Morgan fingerprint density at radius 2 is 1.94 bits per heavy atom. The van der Waals surface area contributed by atoms with Crippen molar-refractivity contribution < 1.29 is 19.0 Å². The molecular weight excluding hydrogens is 428 g/mol. The molecule has 0 unspecified atom stereocenters. The van der Waals surface area contributed by atoms with Crippen molar-refractivity contribution in [1.82, 2.24) is 14.8 Å². The van der Waals surface area contributed by atoms with Crippen molar-refractivity contribution in [3.05, 3.63) is 52.8 Å². The monoisotopic (exact) mass is 456 g/mol. The molecule has 0 bridgehead atoms. The second-order valence-corrected chi connectivity index (χ2v) is 7.49. The number of nitrogens with zero attached hydrogens (tertiary/aromatic N) is 2. The molecule has 0 aliphatic heterocycles. The standard InChI is InChI=1S/C23H28N4O4S/c1-4-30-18-8-6-17(7-9-18)22-25-26-23(32)27(22)12-11-21(28)24-19-10-5-16(2)15-20(19)31-14-13-29-3/h5-10,15H,4,11-14H2,1-3H3,(H,24,28)(H,26,32). The minimum Gasteiger partial charge on any atom is -0.494 e. The first-order chi connectivity index (χ1) is 15.5. The van der Waals surface area contributed by atoms with Gasteiger partial charge in [0.05, 0.1) is 18.9 Å². The number of benzene rings is 2. The van der Waals surface area contributed by atoms with E-state index < -0.39 is 0 Å². The third kappa shape index (κ3) is 6.18. The number of anilines is 1. The molecule has 32 heavy (non-hydrogen) atoms. The molecule has 3 rings (SSSR count). The van der Waals surface area contributed by atoms with Gasteiger partial charge in [-0.05, 0) is 68.0 Å². The lowest BCUT2D eigenvalue weighted by Gasteiger charge is -2.14. The number of H-pyrrole nitrogens is 1. The van der Waals surface area contributed by atoms with E-state index in [0.717, 1.165) is 16.9 Å². The van der Waals surface area contributed by atoms with Gasteiger partial charge in [-0.2, -0.15) is 5.10 Å². The van der Waals surface area contributed by atoms with Crippen molar-refractivity contribution in [3.63, 3.8) is 0 Å². The van der Waals surface area contributed by atoms with Gasteiger partial charge in [-0.15, -0.1) is 0 Å². The zero-order valence-corrected chi connectivity index (χ0v) is 19.3. The lowest BCUT2D eigenvalue weighted by atomic mass is 10.2. The van der Waals surface area contributed by atoms with E-state index in [1.165, 1.54) is 0 Å². The topological polar surface area (TPSA) is 90.4 Å². The van der Waals surface area contributed by atoms with Crippen LogP contribution < -0.4 is 14.8 Å². The predicted molar refractivity (Wildman–Crippen MR) is 126 cm³/mol. The number of carbonyl (C=O) groups excluding carboxylic acids is 1. The molecule has 1 amide bonds. The molecule has 1 aromatic heterocycles. The van der Waals surface area contributed by atoms with Gasteiger partial charge < -0.3 is 19.5 Å². The van der Waals surface area contributed by atoms with Crippen LogP contribution in [-0.4, -0.2) is 47.6 Å². The maximum atomic E-state index is 12.7. The molecule has 0 radical (unpaired) electrons. The summed E-state index contributed by atoms with van der Waals surface area (Å²) in [5.41, 5.74) is 2.55. The van der Waals surface area contributed by atoms with Crippen LogP contribution in [0.25, 0.3) is 11.4 Å². The molecule has 0 spiro atoms. The van der Waals surface area contributed by atoms with Crippen molar-refractivity contribution in [2.24, 2.45) is 0 Å². The van der Waals surface area contributed by atoms with E-state index in [9.17, 15) is 4.79 Å². The van der Waals surface area contributed by atoms with Crippen LogP contribution in [-0.2, 0) is 16.1 Å². The molecule has 9 heteroatoms. The maximum absolute atomic E-state index is 12.7. The molecule has 0 saturated heterocycles. The largest absolute Gasteiger partial charge is 0.494 e. The summed E-state index contributed by atoms with van der Waals surface area (Å²) in [5, 5.41) is 10.1. The third-order valence-corrected chi connectivity index (χ3v) is 5.01. The Morgan fingerprint density at radius 3 is 2.66 bits per heavy atom. The number of carbonyl (C=O) groups is 1. The van der Waals surface area contributed by atoms with E-state index in [1.807, 2.05) is 60.9 Å². The molecule has 0 saturated carbocycles. The van der Waals surface area contributed by atoms with E-state index in [0.29, 0.717) is 48.4 Å². The molecule has 0 atom stereocenters. The minimum absolute atomic E-state index is 0.147. The molecule has 2 aromatic carbocycles. The Morgan fingerprint density at radius 1 is 1.16 bits per heavy atom. The van der Waals surface area contributed by atoms with Crippen LogP contribution in [0.15, 0.2) is 42.5 Å². The van der Waals surface area contributed by atoms with Gasteiger partial charge in [-0.25, -0.2) is 0 Å². The highest BCUT2D eigenvalue weighted by Gasteiger charge is 2.13. The maximum Gasteiger partial charge on any atom is 0.226 e. The number of aromatic nitrogens is 3. The van der Waals surface area contributed by atoms with Gasteiger partial charge >= 0.3 is 0 Å². The molecule has 0 fully saturated rings. The third-order valence-electron chi connectivity index (χ3n) is 4.70. The summed E-state index contributed by atoms with van der Waals surface area (Å²) in [5.74, 6) is 1.93. The molecule has 8 nitrogen and oxygen atoms in total. The first kappa shape index (κ1) is 23.5. The average Bonchev–Trinajstić information content (AvgIpc) is 3.15. The van der Waals surface area contributed by atoms with Crippen molar-refractivity contribution >= 4 is 23.8 Å². The zero-order chi connectivity index (χ0) is 22.9. The number of hydrogen-bond donors (Lipinski definition) is 2. The fourth-order valence-corrected chi connectivity index (χ4v) is 3.35. The Kier molecular flexibility index (Phi) is 8.41. The Hall–Kier alpha value is -3.17. The summed E-state index contributed by atoms with van der Waals surface area (Å²) in [6.07, 6.45) is 0.225. The van der Waals surface area contributed by atoms with E-state index in [4.69, 9.17) is 26.4 Å². The number of methoxy groups -OCH3 is 1. The number of amides is 1. The van der Waals surface area contributed by atoms with Crippen molar-refractivity contribution in [2.45, 2.75) is 26.8 Å². The fourth-order valence-electron chi connectivity index (χ4n) is 3.13. The molecule has 2 N–H and O–H groups in total. The fraction of sp³-hybridized carbons (Fsp3) is 0.348. The van der Waals surface area contributed by atoms with Crippen molar-refractivity contribution in [2.75, 3.05) is 32.2 Å². The highest BCUT2D eigenvalue weighted by molar-refractivity contribution is 7.71. The summed E-state index contributed by atoms with van der Waals surface area (Å²) in [4.78, 5) is 12.7. The van der Waals surface area contributed by atoms with E-state index in [1.54, 1.807) is 7.11 Å². The van der Waals surface area contributed by atoms with Gasteiger partial charge in [0.2, 0.25) is 5.91 Å². The van der Waals surface area contributed by atoms with Crippen LogP contribution in [0, 0.1) is 11.7 Å². The van der Waals surface area contributed by atoms with Crippen molar-refractivity contribution in [3.8, 4) is 22.9 Å². The first-order valence-electron chi connectivity index (χ1n) is 10.4. The molecule has 0 aliphatic rings. The summed E-state index contributed by atoms with van der Waals surface area (Å²) in [7, 11) is 1.62. The number of ether oxygens (including phenoxy) is 3. The highest BCUT2D eigenvalue weighted by Crippen LogP contribution is 2.26. The number of aromatic amines is 1. The molecule has 0 aliphatic carbocycles. The van der Waals surface area contributed by atoms with Crippen molar-refractivity contribution in [1.29, 1.82) is 0 Å². The SMILES string of the molecule is CCOc1ccc(-c2n[nH]c(=S)n2CCC(=O)Nc2ccc(C)cc2OCCOC)cc1. The predicted octanol–water partition coefficient (Wildman–Crippen LogP) is 4.37. The summed E-state index contributed by atoms with van der Waals surface area (Å²) >= 11 is 5.37. The molecule has 170 valence electrons. The second kappa shape index (κ2) is 11.4. The molecule has 3 aromatic rings. The lowest BCUT2D eigenvalue weighted by Crippen LogP contribution is -2.16. The van der Waals surface area contributed by atoms with Crippen LogP contribution in [0.3, 0.4) is 0 Å². The summed E-state index contributed by atoms with van der Waals surface area (Å²) in [6.45, 7) is 5.77.